The molecular weight excluding hydrogens is 470 g/mol. The molecule has 2 amide bonds. The molecule has 1 fully saturated rings. The lowest BCUT2D eigenvalue weighted by Gasteiger charge is -2.27. The van der Waals surface area contributed by atoms with Gasteiger partial charge in [0.2, 0.25) is 10.0 Å². The van der Waals surface area contributed by atoms with Crippen LogP contribution in [-0.4, -0.2) is 50.8 Å². The number of ether oxygens (including phenoxy) is 2. The van der Waals surface area contributed by atoms with Crippen LogP contribution in [0.4, 0.5) is 5.69 Å². The van der Waals surface area contributed by atoms with E-state index in [2.05, 4.69) is 5.32 Å². The molecule has 11 heteroatoms. The quantitative estimate of drug-likeness (QED) is 0.550. The average molecular weight is 496 g/mol. The molecule has 0 aromatic heterocycles. The summed E-state index contributed by atoms with van der Waals surface area (Å²) in [7, 11) is -3.79. The van der Waals surface area contributed by atoms with E-state index in [-0.39, 0.29) is 27.6 Å². The van der Waals surface area contributed by atoms with Gasteiger partial charge in [0.1, 0.15) is 16.4 Å². The van der Waals surface area contributed by atoms with E-state index in [1.165, 1.54) is 34.6 Å². The van der Waals surface area contributed by atoms with Crippen molar-refractivity contribution in [1.29, 1.82) is 0 Å². The minimum Gasteiger partial charge on any atom is -0.492 e. The molecule has 0 saturated carbocycles. The summed E-state index contributed by atoms with van der Waals surface area (Å²) in [5, 5.41) is 2.92. The Morgan fingerprint density at radius 1 is 1.06 bits per heavy atom. The first-order chi connectivity index (χ1) is 15.7. The molecule has 0 bridgehead atoms. The molecule has 0 atom stereocenters. The first kappa shape index (κ1) is 24.8. The summed E-state index contributed by atoms with van der Waals surface area (Å²) in [6.45, 7) is 2.53. The number of carbonyl (C=O) groups excluding carboxylic acids is 2. The molecule has 2 aromatic carbocycles. The predicted octanol–water partition coefficient (Wildman–Crippen LogP) is 3.03. The molecule has 0 aliphatic carbocycles. The Hall–Kier alpha value is -2.82. The number of carbonyl (C=O) groups is 2. The highest BCUT2D eigenvalue weighted by Gasteiger charge is 2.29. The third kappa shape index (κ3) is 6.16. The molecule has 2 aromatic rings. The van der Waals surface area contributed by atoms with E-state index in [4.69, 9.17) is 26.8 Å². The van der Waals surface area contributed by atoms with Crippen LogP contribution in [0, 0.1) is 0 Å². The Morgan fingerprint density at radius 2 is 1.76 bits per heavy atom. The Labute approximate surface area is 197 Å². The zero-order valence-corrected chi connectivity index (χ0v) is 19.7. The van der Waals surface area contributed by atoms with E-state index in [1.807, 2.05) is 0 Å². The van der Waals surface area contributed by atoms with Crippen LogP contribution in [0.25, 0.3) is 0 Å². The number of amides is 2. The van der Waals surface area contributed by atoms with Crippen LogP contribution < -0.4 is 20.5 Å². The van der Waals surface area contributed by atoms with Crippen LogP contribution >= 0.6 is 11.6 Å². The number of benzene rings is 2. The summed E-state index contributed by atoms with van der Waals surface area (Å²) in [6.07, 6.45) is 2.59. The second kappa shape index (κ2) is 10.9. The zero-order chi connectivity index (χ0) is 24.0. The van der Waals surface area contributed by atoms with Crippen LogP contribution in [0.5, 0.6) is 11.5 Å². The Kier molecular flexibility index (Phi) is 8.17. The number of hydrogen-bond donors (Lipinski definition) is 2. The lowest BCUT2D eigenvalue weighted by atomic mass is 10.2. The number of nitrogens with zero attached hydrogens (tertiary/aromatic N) is 1. The summed E-state index contributed by atoms with van der Waals surface area (Å²) in [5.41, 5.74) is 5.64. The van der Waals surface area contributed by atoms with Crippen molar-refractivity contribution in [2.75, 3.05) is 31.6 Å². The topological polar surface area (TPSA) is 128 Å². The lowest BCUT2D eigenvalue weighted by molar-refractivity contribution is -0.118. The van der Waals surface area contributed by atoms with Crippen LogP contribution in [0.2, 0.25) is 5.02 Å². The maximum Gasteiger partial charge on any atom is 0.262 e. The third-order valence-corrected chi connectivity index (χ3v) is 7.18. The number of nitrogens with two attached hydrogens (primary N) is 1. The lowest BCUT2D eigenvalue weighted by Crippen LogP contribution is -2.35. The maximum absolute atomic E-state index is 13.2. The second-order valence-corrected chi connectivity index (χ2v) is 9.74. The van der Waals surface area contributed by atoms with Gasteiger partial charge in [0, 0.05) is 23.8 Å². The number of anilines is 1. The molecule has 1 saturated heterocycles. The molecule has 1 heterocycles. The van der Waals surface area contributed by atoms with Crippen molar-refractivity contribution in [3.05, 3.63) is 47.0 Å². The van der Waals surface area contributed by atoms with Gasteiger partial charge in [0.25, 0.3) is 11.8 Å². The van der Waals surface area contributed by atoms with Crippen LogP contribution in [0.1, 0.15) is 36.5 Å². The van der Waals surface area contributed by atoms with Crippen molar-refractivity contribution in [3.8, 4) is 11.5 Å². The highest BCUT2D eigenvalue weighted by molar-refractivity contribution is 7.89. The van der Waals surface area contributed by atoms with Crippen molar-refractivity contribution >= 4 is 39.1 Å². The first-order valence-electron chi connectivity index (χ1n) is 10.5. The molecule has 0 radical (unpaired) electrons. The van der Waals surface area contributed by atoms with Gasteiger partial charge >= 0.3 is 0 Å². The molecule has 0 unspecified atom stereocenters. The average Bonchev–Trinajstić information content (AvgIpc) is 2.79. The Balaban J connectivity index is 1.76. The van der Waals surface area contributed by atoms with E-state index in [0.29, 0.717) is 24.7 Å². The molecule has 33 heavy (non-hydrogen) atoms. The largest absolute Gasteiger partial charge is 0.492 e. The summed E-state index contributed by atoms with van der Waals surface area (Å²) in [6, 6.07) is 8.74. The first-order valence-corrected chi connectivity index (χ1v) is 12.3. The van der Waals surface area contributed by atoms with E-state index in [9.17, 15) is 18.0 Å². The van der Waals surface area contributed by atoms with Gasteiger partial charge in [-0.05, 0) is 56.2 Å². The summed E-state index contributed by atoms with van der Waals surface area (Å²) < 4.78 is 38.8. The van der Waals surface area contributed by atoms with Crippen molar-refractivity contribution < 1.29 is 27.5 Å². The van der Waals surface area contributed by atoms with E-state index < -0.39 is 28.4 Å². The summed E-state index contributed by atoms with van der Waals surface area (Å²) in [4.78, 5) is 24.0. The molecule has 1 aliphatic rings. The number of rotatable bonds is 9. The van der Waals surface area contributed by atoms with Gasteiger partial charge in [-0.15, -0.1) is 0 Å². The van der Waals surface area contributed by atoms with Gasteiger partial charge in [-0.25, -0.2) is 8.42 Å². The number of halogens is 1. The Morgan fingerprint density at radius 3 is 2.42 bits per heavy atom. The fourth-order valence-corrected chi connectivity index (χ4v) is 5.31. The fourth-order valence-electron chi connectivity index (χ4n) is 3.47. The molecule has 3 N–H and O–H groups in total. The van der Waals surface area contributed by atoms with Gasteiger partial charge in [0.15, 0.2) is 6.61 Å². The van der Waals surface area contributed by atoms with E-state index in [0.717, 1.165) is 19.3 Å². The molecule has 0 spiro atoms. The monoisotopic (exact) mass is 495 g/mol. The van der Waals surface area contributed by atoms with Crippen molar-refractivity contribution in [1.82, 2.24) is 4.31 Å². The smallest absolute Gasteiger partial charge is 0.262 e. The highest BCUT2D eigenvalue weighted by Crippen LogP contribution is 2.31. The number of primary amides is 1. The number of hydrogen-bond acceptors (Lipinski definition) is 6. The van der Waals surface area contributed by atoms with E-state index >= 15 is 0 Å². The van der Waals surface area contributed by atoms with Crippen LogP contribution in [0.3, 0.4) is 0 Å². The second-order valence-electron chi connectivity index (χ2n) is 7.40. The summed E-state index contributed by atoms with van der Waals surface area (Å²) in [5.74, 6) is -0.954. The SMILES string of the molecule is CCOc1ccc(NC(=O)COc2ccc(Cl)cc2C(N)=O)cc1S(=O)(=O)N1CCCCC1. The zero-order valence-electron chi connectivity index (χ0n) is 18.2. The van der Waals surface area contributed by atoms with Crippen molar-refractivity contribution in [3.63, 3.8) is 0 Å². The highest BCUT2D eigenvalue weighted by atomic mass is 35.5. The van der Waals surface area contributed by atoms with Crippen LogP contribution in [-0.2, 0) is 14.8 Å². The van der Waals surface area contributed by atoms with Gasteiger partial charge in [-0.1, -0.05) is 18.0 Å². The predicted molar refractivity (Wildman–Crippen MR) is 124 cm³/mol. The van der Waals surface area contributed by atoms with Gasteiger partial charge in [-0.3, -0.25) is 9.59 Å². The molecular formula is C22H26ClN3O6S. The van der Waals surface area contributed by atoms with Crippen molar-refractivity contribution in [2.24, 2.45) is 5.73 Å². The van der Waals surface area contributed by atoms with Crippen LogP contribution in [0.15, 0.2) is 41.3 Å². The van der Waals surface area contributed by atoms with Crippen molar-refractivity contribution in [2.45, 2.75) is 31.1 Å². The maximum atomic E-state index is 13.2. The van der Waals surface area contributed by atoms with Gasteiger partial charge in [0.05, 0.1) is 12.2 Å². The molecule has 9 nitrogen and oxygen atoms in total. The Bertz CT molecular complexity index is 1130. The molecule has 178 valence electrons. The van der Waals surface area contributed by atoms with Gasteiger partial charge in [-0.2, -0.15) is 4.31 Å². The summed E-state index contributed by atoms with van der Waals surface area (Å²) >= 11 is 5.87. The number of sulfonamides is 1. The fraction of sp³-hybridized carbons (Fsp3) is 0.364. The number of nitrogens with one attached hydrogen (secondary N) is 1. The minimum absolute atomic E-state index is 0.00122. The normalized spacial score (nSPS) is 14.5. The molecule has 1 aliphatic heterocycles. The standard InChI is InChI=1S/C22H26ClN3O6S/c1-2-31-19-9-7-16(13-20(19)33(29,30)26-10-4-3-5-11-26)25-21(27)14-32-18-8-6-15(23)12-17(18)22(24)28/h6-9,12-13H,2-5,10-11,14H2,1H3,(H2,24,28)(H,25,27). The van der Waals surface area contributed by atoms with E-state index in [1.54, 1.807) is 13.0 Å². The minimum atomic E-state index is -3.79. The van der Waals surface area contributed by atoms with Gasteiger partial charge < -0.3 is 20.5 Å². The molecule has 3 rings (SSSR count). The third-order valence-electron chi connectivity index (χ3n) is 5.03. The number of piperidine rings is 1.